The highest BCUT2D eigenvalue weighted by atomic mass is 19.1. The number of hydrogen-bond donors (Lipinski definition) is 2. The predicted molar refractivity (Wildman–Crippen MR) is 125 cm³/mol. The van der Waals surface area contributed by atoms with Gasteiger partial charge in [0.15, 0.2) is 17.5 Å². The predicted octanol–water partition coefficient (Wildman–Crippen LogP) is 4.73. The van der Waals surface area contributed by atoms with Crippen molar-refractivity contribution in [2.24, 2.45) is 0 Å². The van der Waals surface area contributed by atoms with Crippen molar-refractivity contribution in [3.05, 3.63) is 77.9 Å². The molecule has 0 fully saturated rings. The topological polar surface area (TPSA) is 118 Å². The van der Waals surface area contributed by atoms with Gasteiger partial charge in [0.05, 0.1) is 11.2 Å². The molecule has 0 saturated carbocycles. The summed E-state index contributed by atoms with van der Waals surface area (Å²) in [5.41, 5.74) is 15.5. The zero-order valence-corrected chi connectivity index (χ0v) is 18.3. The Morgan fingerprint density at radius 2 is 1.71 bits per heavy atom. The summed E-state index contributed by atoms with van der Waals surface area (Å²) in [4.78, 5) is 16.4. The van der Waals surface area contributed by atoms with Crippen molar-refractivity contribution in [2.75, 3.05) is 11.5 Å². The van der Waals surface area contributed by atoms with Crippen LogP contribution in [-0.4, -0.2) is 24.5 Å². The number of nitrogens with two attached hydrogens (primary N) is 2. The Hall–Kier alpha value is -4.60. The highest BCUT2D eigenvalue weighted by Gasteiger charge is 2.25. The number of anilines is 2. The molecule has 0 bridgehead atoms. The van der Waals surface area contributed by atoms with Crippen LogP contribution in [0, 0.1) is 25.5 Å². The summed E-state index contributed by atoms with van der Waals surface area (Å²) in [6.07, 6.45) is 2.80. The normalized spacial score (nSPS) is 11.2. The highest BCUT2D eigenvalue weighted by molar-refractivity contribution is 5.96. The summed E-state index contributed by atoms with van der Waals surface area (Å²) in [5, 5.41) is 0. The molecular weight excluding hydrogens is 440 g/mol. The maximum Gasteiger partial charge on any atom is 0.322 e. The molecule has 0 aliphatic heterocycles. The molecule has 34 heavy (non-hydrogen) atoms. The summed E-state index contributed by atoms with van der Waals surface area (Å²) in [6.45, 7) is 3.55. The van der Waals surface area contributed by atoms with E-state index in [-0.39, 0.29) is 28.8 Å². The van der Waals surface area contributed by atoms with Crippen molar-refractivity contribution in [1.29, 1.82) is 0 Å². The lowest BCUT2D eigenvalue weighted by Crippen LogP contribution is -2.07. The van der Waals surface area contributed by atoms with Gasteiger partial charge in [-0.1, -0.05) is 12.1 Å². The lowest BCUT2D eigenvalue weighted by atomic mass is 10.1. The lowest BCUT2D eigenvalue weighted by molar-refractivity contribution is 0.430. The molecule has 5 aromatic rings. The molecule has 0 amide bonds. The van der Waals surface area contributed by atoms with Gasteiger partial charge in [-0.25, -0.2) is 28.7 Å². The van der Waals surface area contributed by atoms with Gasteiger partial charge in [-0.3, -0.25) is 4.57 Å². The van der Waals surface area contributed by atoms with Gasteiger partial charge in [-0.05, 0) is 32.0 Å². The van der Waals surface area contributed by atoms with E-state index in [4.69, 9.17) is 16.2 Å². The minimum atomic E-state index is -0.882. The van der Waals surface area contributed by atoms with Crippen LogP contribution < -0.4 is 16.2 Å². The van der Waals surface area contributed by atoms with Crippen molar-refractivity contribution >= 4 is 22.5 Å². The van der Waals surface area contributed by atoms with Gasteiger partial charge >= 0.3 is 6.01 Å². The molecule has 3 heterocycles. The Labute approximate surface area is 192 Å². The molecule has 8 nitrogen and oxygen atoms in total. The molecule has 5 rings (SSSR count). The molecule has 170 valence electrons. The average molecular weight is 459 g/mol. The number of aryl methyl sites for hydroxylation is 2. The van der Waals surface area contributed by atoms with Crippen molar-refractivity contribution in [2.45, 2.75) is 13.8 Å². The molecule has 10 heteroatoms. The molecule has 3 aromatic heterocycles. The maximum atomic E-state index is 15.5. The second kappa shape index (κ2) is 8.07. The van der Waals surface area contributed by atoms with Crippen molar-refractivity contribution in [3.63, 3.8) is 0 Å². The number of rotatable bonds is 4. The Morgan fingerprint density at radius 1 is 0.941 bits per heavy atom. The minimum Gasteiger partial charge on any atom is -0.424 e. The van der Waals surface area contributed by atoms with Gasteiger partial charge in [0.2, 0.25) is 0 Å². The van der Waals surface area contributed by atoms with E-state index in [0.29, 0.717) is 33.7 Å². The molecule has 4 N–H and O–H groups in total. The Morgan fingerprint density at radius 3 is 2.41 bits per heavy atom. The van der Waals surface area contributed by atoms with E-state index in [9.17, 15) is 0 Å². The number of fused-ring (bicyclic) bond motifs is 1. The quantitative estimate of drug-likeness (QED) is 0.373. The first kappa shape index (κ1) is 21.3. The molecule has 0 aliphatic rings. The Balaban J connectivity index is 1.75. The molecule has 2 aromatic carbocycles. The van der Waals surface area contributed by atoms with E-state index in [2.05, 4.69) is 19.9 Å². The van der Waals surface area contributed by atoms with Crippen LogP contribution in [0.25, 0.3) is 28.0 Å². The number of nitrogens with zero attached hydrogens (tertiary/aromatic N) is 5. The number of ether oxygens (including phenoxy) is 1. The van der Waals surface area contributed by atoms with Crippen molar-refractivity contribution in [3.8, 4) is 28.7 Å². The minimum absolute atomic E-state index is 0.0214. The fourth-order valence-electron chi connectivity index (χ4n) is 3.93. The smallest absolute Gasteiger partial charge is 0.322 e. The molecule has 0 spiro atoms. The fourth-order valence-corrected chi connectivity index (χ4v) is 3.93. The monoisotopic (exact) mass is 459 g/mol. The zero-order valence-electron chi connectivity index (χ0n) is 18.3. The standard InChI is InChI=1S/C24H19F2N7O/c1-12-6-7-29-24(32-12)34-16-9-17(25)21(18(26)10-16)33-20(14-4-3-5-15(27)8-14)13(2)19-22(33)23(28)31-11-30-19/h3-11H,27H2,1-2H3,(H2,28,30,31). The van der Waals surface area contributed by atoms with E-state index >= 15 is 8.78 Å². The molecule has 0 atom stereocenters. The molecule has 0 saturated heterocycles. The third-order valence-corrected chi connectivity index (χ3v) is 5.36. The van der Waals surface area contributed by atoms with Crippen LogP contribution in [0.2, 0.25) is 0 Å². The number of aromatic nitrogens is 5. The fraction of sp³-hybridized carbons (Fsp3) is 0.0833. The third kappa shape index (κ3) is 3.54. The van der Waals surface area contributed by atoms with Gasteiger partial charge in [-0.15, -0.1) is 0 Å². The van der Waals surface area contributed by atoms with E-state index in [0.717, 1.165) is 12.1 Å². The summed E-state index contributed by atoms with van der Waals surface area (Å²) in [5.74, 6) is -1.77. The first-order chi connectivity index (χ1) is 16.3. The van der Waals surface area contributed by atoms with Crippen LogP contribution in [0.5, 0.6) is 11.8 Å². The average Bonchev–Trinajstić information content (AvgIpc) is 3.07. The second-order valence-corrected chi connectivity index (χ2v) is 7.71. The third-order valence-electron chi connectivity index (χ3n) is 5.36. The van der Waals surface area contributed by atoms with Crippen LogP contribution in [0.1, 0.15) is 11.3 Å². The van der Waals surface area contributed by atoms with E-state index in [1.54, 1.807) is 44.2 Å². The largest absolute Gasteiger partial charge is 0.424 e. The Bertz CT molecular complexity index is 1540. The molecule has 0 unspecified atom stereocenters. The zero-order chi connectivity index (χ0) is 24.0. The molecular formula is C24H19F2N7O. The van der Waals surface area contributed by atoms with E-state index < -0.39 is 11.6 Å². The first-order valence-corrected chi connectivity index (χ1v) is 10.3. The molecule has 0 aliphatic carbocycles. The van der Waals surface area contributed by atoms with Gasteiger partial charge in [0.1, 0.15) is 23.3 Å². The summed E-state index contributed by atoms with van der Waals surface area (Å²) >= 11 is 0. The number of nitrogen functional groups attached to an aromatic ring is 2. The van der Waals surface area contributed by atoms with Crippen LogP contribution in [0.4, 0.5) is 20.3 Å². The maximum absolute atomic E-state index is 15.5. The van der Waals surface area contributed by atoms with Gasteiger partial charge < -0.3 is 16.2 Å². The number of benzene rings is 2. The summed E-state index contributed by atoms with van der Waals surface area (Å²) in [6, 6.07) is 10.8. The SMILES string of the molecule is Cc1ccnc(Oc2cc(F)c(-n3c(-c4cccc(N)c4)c(C)c4ncnc(N)c43)c(F)c2)n1. The number of hydrogen-bond acceptors (Lipinski definition) is 7. The van der Waals surface area contributed by atoms with Crippen LogP contribution in [0.15, 0.2) is 55.0 Å². The van der Waals surface area contributed by atoms with Crippen LogP contribution >= 0.6 is 0 Å². The Kier molecular flexibility index (Phi) is 5.05. The first-order valence-electron chi connectivity index (χ1n) is 10.3. The van der Waals surface area contributed by atoms with E-state index in [1.165, 1.54) is 17.1 Å². The van der Waals surface area contributed by atoms with Crippen LogP contribution in [-0.2, 0) is 0 Å². The molecule has 0 radical (unpaired) electrons. The summed E-state index contributed by atoms with van der Waals surface area (Å²) in [7, 11) is 0. The van der Waals surface area contributed by atoms with Gasteiger partial charge in [-0.2, -0.15) is 0 Å². The second-order valence-electron chi connectivity index (χ2n) is 7.71. The van der Waals surface area contributed by atoms with Crippen LogP contribution in [0.3, 0.4) is 0 Å². The van der Waals surface area contributed by atoms with Gasteiger partial charge in [0, 0.05) is 40.8 Å². The van der Waals surface area contributed by atoms with E-state index in [1.807, 2.05) is 0 Å². The van der Waals surface area contributed by atoms with Gasteiger partial charge in [0.25, 0.3) is 0 Å². The number of halogens is 2. The van der Waals surface area contributed by atoms with Crippen molar-refractivity contribution in [1.82, 2.24) is 24.5 Å². The lowest BCUT2D eigenvalue weighted by Gasteiger charge is -2.15. The summed E-state index contributed by atoms with van der Waals surface area (Å²) < 4.78 is 37.9. The van der Waals surface area contributed by atoms with Crippen molar-refractivity contribution < 1.29 is 13.5 Å². The highest BCUT2D eigenvalue weighted by Crippen LogP contribution is 2.39.